The number of nitrogens with zero attached hydrogens (tertiary/aromatic N) is 4. The van der Waals surface area contributed by atoms with E-state index in [1.807, 2.05) is 85.3 Å². The van der Waals surface area contributed by atoms with E-state index in [0.29, 0.717) is 32.8 Å². The number of ether oxygens (including phenoxy) is 1. The number of aliphatic hydroxyl groups excluding tert-OH is 1. The normalized spacial score (nSPS) is 14.5. The van der Waals surface area contributed by atoms with E-state index in [-0.39, 0.29) is 12.6 Å². The van der Waals surface area contributed by atoms with Crippen LogP contribution in [-0.4, -0.2) is 68.8 Å². The molecule has 0 saturated carbocycles. The summed E-state index contributed by atoms with van der Waals surface area (Å²) < 4.78 is 5.93. The average Bonchev–Trinajstić information content (AvgIpc) is 2.94. The number of carbonyl (C=O) groups excluding carboxylic acids is 1. The van der Waals surface area contributed by atoms with Crippen molar-refractivity contribution < 1.29 is 14.6 Å². The molecule has 1 heterocycles. The van der Waals surface area contributed by atoms with Crippen molar-refractivity contribution >= 4 is 34.5 Å². The number of urea groups is 1. The third-order valence-corrected chi connectivity index (χ3v) is 6.69. The number of piperazine rings is 1. The van der Waals surface area contributed by atoms with E-state index in [4.69, 9.17) is 4.74 Å². The number of benzene rings is 3. The second-order valence-corrected chi connectivity index (χ2v) is 9.40. The molecule has 4 rings (SSSR count). The van der Waals surface area contributed by atoms with Gasteiger partial charge in [-0.05, 0) is 42.3 Å². The van der Waals surface area contributed by atoms with Crippen LogP contribution in [0.5, 0.6) is 5.75 Å². The van der Waals surface area contributed by atoms with Crippen molar-refractivity contribution in [1.82, 2.24) is 10.2 Å². The molecule has 1 atom stereocenters. The highest BCUT2D eigenvalue weighted by atomic mass is 16.5. The van der Waals surface area contributed by atoms with Gasteiger partial charge in [0, 0.05) is 50.7 Å². The van der Waals surface area contributed by atoms with Crippen molar-refractivity contribution in [1.29, 1.82) is 0 Å². The molecule has 2 N–H and O–H groups in total. The fourth-order valence-electron chi connectivity index (χ4n) is 4.69. The van der Waals surface area contributed by atoms with Crippen LogP contribution in [0, 0.1) is 0 Å². The smallest absolute Gasteiger partial charge is 0.318 e. The SMILES string of the molecule is C=C(C)N=CN(C)c1ccc(N2CCN(C(=O)NC(CO)c3cccc4ccccc34)CC2)cc1OCC. The zero-order valence-electron chi connectivity index (χ0n) is 22.4. The summed E-state index contributed by atoms with van der Waals surface area (Å²) in [5.41, 5.74) is 3.61. The summed E-state index contributed by atoms with van der Waals surface area (Å²) >= 11 is 0. The number of aliphatic hydroxyl groups is 1. The Bertz CT molecular complexity index is 1290. The number of nitrogens with one attached hydrogen (secondary N) is 1. The molecule has 1 aliphatic heterocycles. The molecule has 0 bridgehead atoms. The number of anilines is 2. The molecule has 1 saturated heterocycles. The Morgan fingerprint density at radius 2 is 1.89 bits per heavy atom. The average molecular weight is 516 g/mol. The molecule has 1 unspecified atom stereocenters. The third kappa shape index (κ3) is 6.26. The van der Waals surface area contributed by atoms with Crippen LogP contribution >= 0.6 is 0 Å². The van der Waals surface area contributed by atoms with Crippen LogP contribution in [0.2, 0.25) is 0 Å². The van der Waals surface area contributed by atoms with Crippen molar-refractivity contribution in [2.24, 2.45) is 4.99 Å². The maximum atomic E-state index is 13.1. The van der Waals surface area contributed by atoms with E-state index in [1.165, 1.54) is 0 Å². The molecule has 3 aromatic carbocycles. The molecule has 0 aliphatic carbocycles. The van der Waals surface area contributed by atoms with Gasteiger partial charge < -0.3 is 29.9 Å². The number of fused-ring (bicyclic) bond motifs is 1. The lowest BCUT2D eigenvalue weighted by Crippen LogP contribution is -2.52. The van der Waals surface area contributed by atoms with Gasteiger partial charge in [-0.15, -0.1) is 0 Å². The van der Waals surface area contributed by atoms with Gasteiger partial charge in [0.05, 0.1) is 31.3 Å². The fourth-order valence-corrected chi connectivity index (χ4v) is 4.69. The van der Waals surface area contributed by atoms with Crippen molar-refractivity contribution in [2.45, 2.75) is 19.9 Å². The first-order valence-electron chi connectivity index (χ1n) is 13.0. The minimum atomic E-state index is -0.474. The maximum absolute atomic E-state index is 13.1. The highest BCUT2D eigenvalue weighted by Crippen LogP contribution is 2.32. The van der Waals surface area contributed by atoms with E-state index in [2.05, 4.69) is 27.9 Å². The van der Waals surface area contributed by atoms with Crippen LogP contribution in [-0.2, 0) is 0 Å². The Morgan fingerprint density at radius 1 is 1.16 bits per heavy atom. The van der Waals surface area contributed by atoms with E-state index < -0.39 is 6.04 Å². The van der Waals surface area contributed by atoms with E-state index in [0.717, 1.165) is 39.2 Å². The first-order valence-corrected chi connectivity index (χ1v) is 13.0. The number of carbonyl (C=O) groups is 1. The Hall–Kier alpha value is -4.04. The molecule has 1 aliphatic rings. The highest BCUT2D eigenvalue weighted by Gasteiger charge is 2.25. The lowest BCUT2D eigenvalue weighted by Gasteiger charge is -2.37. The van der Waals surface area contributed by atoms with E-state index in [9.17, 15) is 9.90 Å². The summed E-state index contributed by atoms with van der Waals surface area (Å²) in [4.78, 5) is 23.4. The van der Waals surface area contributed by atoms with Crippen LogP contribution in [0.25, 0.3) is 10.8 Å². The Balaban J connectivity index is 1.41. The maximum Gasteiger partial charge on any atom is 0.318 e. The topological polar surface area (TPSA) is 80.6 Å². The number of aliphatic imine (C=N–C) groups is 1. The fraction of sp³-hybridized carbons (Fsp3) is 0.333. The lowest BCUT2D eigenvalue weighted by molar-refractivity contribution is 0.179. The largest absolute Gasteiger partial charge is 0.492 e. The number of hydrogen-bond donors (Lipinski definition) is 2. The van der Waals surface area contributed by atoms with Gasteiger partial charge in [-0.1, -0.05) is 49.0 Å². The van der Waals surface area contributed by atoms with Gasteiger partial charge in [-0.2, -0.15) is 0 Å². The molecule has 38 heavy (non-hydrogen) atoms. The van der Waals surface area contributed by atoms with Gasteiger partial charge in [0.1, 0.15) is 5.75 Å². The van der Waals surface area contributed by atoms with E-state index >= 15 is 0 Å². The molecule has 0 aromatic heterocycles. The molecule has 3 aromatic rings. The monoisotopic (exact) mass is 515 g/mol. The molecule has 8 nitrogen and oxygen atoms in total. The van der Waals surface area contributed by atoms with Crippen LogP contribution in [0.15, 0.2) is 77.9 Å². The van der Waals surface area contributed by atoms with Crippen LogP contribution in [0.3, 0.4) is 0 Å². The number of allylic oxidation sites excluding steroid dienone is 1. The zero-order chi connectivity index (χ0) is 27.1. The summed E-state index contributed by atoms with van der Waals surface area (Å²) in [5.74, 6) is 0.779. The van der Waals surface area contributed by atoms with E-state index in [1.54, 1.807) is 6.34 Å². The lowest BCUT2D eigenvalue weighted by atomic mass is 9.99. The second kappa shape index (κ2) is 12.5. The van der Waals surface area contributed by atoms with Gasteiger partial charge in [0.2, 0.25) is 0 Å². The Labute approximate surface area is 224 Å². The Kier molecular flexibility index (Phi) is 8.86. The van der Waals surface area contributed by atoms with Gasteiger partial charge in [-0.25, -0.2) is 9.79 Å². The minimum absolute atomic E-state index is 0.166. The van der Waals surface area contributed by atoms with Crippen LogP contribution in [0.1, 0.15) is 25.5 Å². The second-order valence-electron chi connectivity index (χ2n) is 9.40. The number of rotatable bonds is 9. The van der Waals surface area contributed by atoms with Gasteiger partial charge in [-0.3, -0.25) is 0 Å². The predicted octanol–water partition coefficient (Wildman–Crippen LogP) is 4.80. The quantitative estimate of drug-likeness (QED) is 0.316. The minimum Gasteiger partial charge on any atom is -0.492 e. The standard InChI is InChI=1S/C30H37N5O3/c1-5-38-29-19-24(13-14-28(29)33(4)21-31-22(2)3)34-15-17-35(18-16-34)30(37)32-27(20-36)26-12-8-10-23-9-6-7-11-25(23)26/h6-14,19,21,27,36H,2,5,15-18,20H2,1,3-4H3,(H,32,37). The van der Waals surface area contributed by atoms with Crippen LogP contribution < -0.4 is 19.9 Å². The molecule has 0 spiro atoms. The molecule has 2 amide bonds. The molecular formula is C30H37N5O3. The summed E-state index contributed by atoms with van der Waals surface area (Å²) in [6.45, 7) is 10.6. The summed E-state index contributed by atoms with van der Waals surface area (Å²) in [6, 6.07) is 19.5. The van der Waals surface area contributed by atoms with Crippen molar-refractivity contribution in [3.8, 4) is 5.75 Å². The van der Waals surface area contributed by atoms with Gasteiger partial charge in [0.25, 0.3) is 0 Å². The number of hydrogen-bond acceptors (Lipinski definition) is 5. The highest BCUT2D eigenvalue weighted by molar-refractivity contribution is 5.87. The van der Waals surface area contributed by atoms with Crippen molar-refractivity contribution in [2.75, 3.05) is 56.2 Å². The molecule has 0 radical (unpaired) electrons. The molecule has 200 valence electrons. The zero-order valence-corrected chi connectivity index (χ0v) is 22.4. The molecular weight excluding hydrogens is 478 g/mol. The first kappa shape index (κ1) is 27.0. The summed E-state index contributed by atoms with van der Waals surface area (Å²) in [5, 5.41) is 15.3. The first-order chi connectivity index (χ1) is 18.4. The van der Waals surface area contributed by atoms with Crippen molar-refractivity contribution in [3.63, 3.8) is 0 Å². The summed E-state index contributed by atoms with van der Waals surface area (Å²) in [6.07, 6.45) is 1.73. The van der Waals surface area contributed by atoms with Crippen molar-refractivity contribution in [3.05, 3.63) is 78.5 Å². The predicted molar refractivity (Wildman–Crippen MR) is 155 cm³/mol. The van der Waals surface area contributed by atoms with Gasteiger partial charge in [0.15, 0.2) is 0 Å². The Morgan fingerprint density at radius 3 is 2.61 bits per heavy atom. The molecule has 8 heteroatoms. The van der Waals surface area contributed by atoms with Crippen LogP contribution in [0.4, 0.5) is 16.2 Å². The third-order valence-electron chi connectivity index (χ3n) is 6.69. The van der Waals surface area contributed by atoms with Gasteiger partial charge >= 0.3 is 6.03 Å². The summed E-state index contributed by atoms with van der Waals surface area (Å²) in [7, 11) is 1.93. The molecule has 1 fully saturated rings. The number of amides is 2.